The number of benzene rings is 3. The average Bonchev–Trinajstić information content (AvgIpc) is 3.85. The predicted octanol–water partition coefficient (Wildman–Crippen LogP) is 5.54. The van der Waals surface area contributed by atoms with Gasteiger partial charge in [0.25, 0.3) is 0 Å². The Kier molecular flexibility index (Phi) is 13.3. The molecule has 0 aliphatic carbocycles. The van der Waals surface area contributed by atoms with Crippen LogP contribution in [0.5, 0.6) is 5.75 Å². The van der Waals surface area contributed by atoms with E-state index in [2.05, 4.69) is 60.5 Å². The number of halogens is 1. The van der Waals surface area contributed by atoms with Gasteiger partial charge in [-0.3, -0.25) is 14.5 Å². The zero-order valence-corrected chi connectivity index (χ0v) is 37.3. The van der Waals surface area contributed by atoms with Gasteiger partial charge in [-0.2, -0.15) is 14.6 Å². The highest BCUT2D eigenvalue weighted by molar-refractivity contribution is 7.91. The quantitative estimate of drug-likeness (QED) is 0.0693. The molecule has 20 heteroatoms. The second kappa shape index (κ2) is 18.8. The third-order valence-corrected chi connectivity index (χ3v) is 12.8. The number of fused-ring (bicyclic) bond motifs is 2. The lowest BCUT2D eigenvalue weighted by molar-refractivity contribution is -0.107. The molecular formula is C44H52FN13O5S. The number of aldehydes is 1. The summed E-state index contributed by atoms with van der Waals surface area (Å²) in [7, 11) is -0.735. The Hall–Kier alpha value is -6.93. The lowest BCUT2D eigenvalue weighted by atomic mass is 9.98. The highest BCUT2D eigenvalue weighted by Gasteiger charge is 2.31. The van der Waals surface area contributed by atoms with E-state index in [0.717, 1.165) is 47.3 Å². The molecule has 1 unspecified atom stereocenters. The van der Waals surface area contributed by atoms with Crippen LogP contribution in [0.1, 0.15) is 45.4 Å². The van der Waals surface area contributed by atoms with Crippen molar-refractivity contribution in [3.63, 3.8) is 0 Å². The number of anilines is 4. The molecular weight excluding hydrogens is 842 g/mol. The van der Waals surface area contributed by atoms with Crippen molar-refractivity contribution in [2.24, 2.45) is 18.7 Å². The zero-order chi connectivity index (χ0) is 45.9. The van der Waals surface area contributed by atoms with E-state index in [0.29, 0.717) is 36.7 Å². The molecule has 3 aromatic carbocycles. The van der Waals surface area contributed by atoms with E-state index in [1.165, 1.54) is 40.1 Å². The number of rotatable bonds is 16. The fourth-order valence-electron chi connectivity index (χ4n) is 7.85. The molecule has 7 rings (SSSR count). The molecule has 5 N–H and O–H groups in total. The molecule has 1 fully saturated rings. The van der Waals surface area contributed by atoms with Gasteiger partial charge in [-0.1, -0.05) is 26.0 Å². The number of nitrogens with one attached hydrogen (secondary N) is 3. The van der Waals surface area contributed by atoms with Crippen LogP contribution in [-0.4, -0.2) is 107 Å². The van der Waals surface area contributed by atoms with Crippen LogP contribution in [0.3, 0.4) is 0 Å². The molecule has 1 aliphatic rings. The first kappa shape index (κ1) is 45.1. The predicted molar refractivity (Wildman–Crippen MR) is 244 cm³/mol. The first-order chi connectivity index (χ1) is 30.7. The molecule has 3 aromatic heterocycles. The van der Waals surface area contributed by atoms with Crippen LogP contribution < -0.4 is 30.9 Å². The van der Waals surface area contributed by atoms with Gasteiger partial charge in [0.15, 0.2) is 11.6 Å². The number of carbonyl (C=O) groups is 2. The maximum absolute atomic E-state index is 15.7. The van der Waals surface area contributed by atoms with Crippen molar-refractivity contribution in [3.05, 3.63) is 90.3 Å². The number of hydrogen-bond donors (Lipinski definition) is 4. The molecule has 2 amide bonds. The maximum Gasteiger partial charge on any atom is 0.322 e. The Labute approximate surface area is 370 Å². The van der Waals surface area contributed by atoms with Crippen LogP contribution in [0.25, 0.3) is 22.1 Å². The van der Waals surface area contributed by atoms with Gasteiger partial charge >= 0.3 is 6.03 Å². The van der Waals surface area contributed by atoms with Crippen LogP contribution >= 0.6 is 0 Å². The molecule has 1 atom stereocenters. The van der Waals surface area contributed by atoms with Gasteiger partial charge in [0.05, 0.1) is 27.1 Å². The molecule has 336 valence electrons. The summed E-state index contributed by atoms with van der Waals surface area (Å²) in [5, 5.41) is 23.0. The van der Waals surface area contributed by atoms with Crippen LogP contribution in [0.15, 0.2) is 83.0 Å². The molecule has 0 spiro atoms. The van der Waals surface area contributed by atoms with E-state index in [4.69, 9.17) is 15.9 Å². The highest BCUT2D eigenvalue weighted by atomic mass is 32.2. The van der Waals surface area contributed by atoms with Crippen molar-refractivity contribution < 1.29 is 27.1 Å². The van der Waals surface area contributed by atoms with E-state index < -0.39 is 15.7 Å². The number of hydrogen-bond acceptors (Lipinski definition) is 14. The summed E-state index contributed by atoms with van der Waals surface area (Å²) < 4.78 is 52.6. The number of piperazine rings is 1. The molecule has 1 saturated heterocycles. The van der Waals surface area contributed by atoms with E-state index in [9.17, 15) is 18.0 Å². The molecule has 0 radical (unpaired) electrons. The summed E-state index contributed by atoms with van der Waals surface area (Å²) in [5.74, 6) is 0.173. The van der Waals surface area contributed by atoms with Gasteiger partial charge in [0.2, 0.25) is 21.4 Å². The number of allylic oxidation sites excluding steroid dienone is 1. The maximum atomic E-state index is 15.7. The number of nitrogens with zero attached hydrogens (tertiary/aromatic N) is 9. The Morgan fingerprint density at radius 1 is 1.08 bits per heavy atom. The standard InChI is InChI=1S/C44H52FN13O5S/c1-27(2)38-25-55(16-17-56(38)31-11-13-34-37(20-31)54(6)52-41(34)57(15-8-18-59)44(60)48-5)24-29-9-7-10-32(19-29)64(61,62)33-12-14-36(35(45)21-33)50-43-51-42-40(63-28(3)4)39(30(22-46)23-47)49-26-58(42)53-43/h7,9-14,18-23,26-28,38,46H,8,15-17,24-25,47H2,1-6H3,(H,48,60)(H,50,53)/b30-23+,46-22?. The summed E-state index contributed by atoms with van der Waals surface area (Å²) in [4.78, 5) is 38.7. The number of ether oxygens (including phenoxy) is 1. The minimum Gasteiger partial charge on any atom is -0.485 e. The molecule has 64 heavy (non-hydrogen) atoms. The van der Waals surface area contributed by atoms with Gasteiger partial charge < -0.3 is 36.2 Å². The highest BCUT2D eigenvalue weighted by Crippen LogP contribution is 2.34. The number of nitrogens with two attached hydrogens (primary N) is 1. The Morgan fingerprint density at radius 2 is 1.86 bits per heavy atom. The molecule has 1 aliphatic heterocycles. The lowest BCUT2D eigenvalue weighted by Crippen LogP contribution is -2.55. The fourth-order valence-corrected chi connectivity index (χ4v) is 9.20. The number of urea groups is 1. The van der Waals surface area contributed by atoms with Crippen molar-refractivity contribution in [2.75, 3.05) is 48.3 Å². The van der Waals surface area contributed by atoms with Gasteiger partial charge in [-0.15, -0.1) is 5.10 Å². The number of amides is 2. The van der Waals surface area contributed by atoms with Gasteiger partial charge in [-0.25, -0.2) is 22.6 Å². The van der Waals surface area contributed by atoms with E-state index in [1.54, 1.807) is 23.9 Å². The summed E-state index contributed by atoms with van der Waals surface area (Å²) >= 11 is 0. The van der Waals surface area contributed by atoms with Crippen LogP contribution in [-0.2, 0) is 28.2 Å². The number of aromatic nitrogens is 6. The Balaban J connectivity index is 1.06. The number of carbonyl (C=O) groups excluding carboxylic acids is 2. The molecule has 6 aromatic rings. The minimum absolute atomic E-state index is 0.00524. The van der Waals surface area contributed by atoms with E-state index >= 15 is 4.39 Å². The van der Waals surface area contributed by atoms with Crippen LogP contribution in [0.2, 0.25) is 0 Å². The second-order valence-electron chi connectivity index (χ2n) is 16.0. The van der Waals surface area contributed by atoms with Crippen molar-refractivity contribution in [1.29, 1.82) is 5.41 Å². The summed E-state index contributed by atoms with van der Waals surface area (Å²) in [6.45, 7) is 10.9. The molecule has 0 bridgehead atoms. The third kappa shape index (κ3) is 9.09. The fraction of sp³-hybridized carbons (Fsp3) is 0.341. The monoisotopic (exact) mass is 893 g/mol. The summed E-state index contributed by atoms with van der Waals surface area (Å²) in [6, 6.07) is 16.3. The molecule has 18 nitrogen and oxygen atoms in total. The minimum atomic E-state index is -4.11. The third-order valence-electron chi connectivity index (χ3n) is 11.0. The molecule has 4 heterocycles. The Bertz CT molecular complexity index is 2860. The Morgan fingerprint density at radius 3 is 2.55 bits per heavy atom. The smallest absolute Gasteiger partial charge is 0.322 e. The second-order valence-corrected chi connectivity index (χ2v) is 18.0. The van der Waals surface area contributed by atoms with E-state index in [-0.39, 0.29) is 69.9 Å². The number of sulfone groups is 1. The van der Waals surface area contributed by atoms with Crippen molar-refractivity contribution in [1.82, 2.24) is 39.6 Å². The first-order valence-corrected chi connectivity index (χ1v) is 22.3. The summed E-state index contributed by atoms with van der Waals surface area (Å²) in [5.41, 5.74) is 9.19. The zero-order valence-electron chi connectivity index (χ0n) is 36.5. The van der Waals surface area contributed by atoms with Crippen molar-refractivity contribution >= 4 is 73.6 Å². The van der Waals surface area contributed by atoms with Gasteiger partial charge in [-0.05, 0) is 73.9 Å². The van der Waals surface area contributed by atoms with Crippen molar-refractivity contribution in [3.8, 4) is 5.75 Å². The van der Waals surface area contributed by atoms with Gasteiger partial charge in [0, 0.05) is 88.3 Å². The number of aryl methyl sites for hydroxylation is 1. The normalized spacial score (nSPS) is 15.0. The molecule has 0 saturated carbocycles. The van der Waals surface area contributed by atoms with Crippen LogP contribution in [0.4, 0.5) is 32.3 Å². The SMILES string of the molecule is CNC(=O)N(CCC=O)c1nn(C)c2cc(N3CCN(Cc4cccc(S(=O)(=O)c5ccc(Nc6nc7c(OC(C)C)c(/C(C=N)=C/N)ncn7n6)c(F)c5)c4)CC3C(C)C)ccc12. The largest absolute Gasteiger partial charge is 0.485 e. The van der Waals surface area contributed by atoms with E-state index in [1.807, 2.05) is 39.1 Å². The first-order valence-electron chi connectivity index (χ1n) is 20.8. The lowest BCUT2D eigenvalue weighted by Gasteiger charge is -2.45. The van der Waals surface area contributed by atoms with Crippen molar-refractivity contribution in [2.45, 2.75) is 62.6 Å². The van der Waals surface area contributed by atoms with Crippen LogP contribution in [0, 0.1) is 17.1 Å². The summed E-state index contributed by atoms with van der Waals surface area (Å²) in [6.07, 6.45) is 4.33. The average molecular weight is 894 g/mol. The van der Waals surface area contributed by atoms with Gasteiger partial charge in [0.1, 0.15) is 24.1 Å². The topological polar surface area (TPSA) is 222 Å².